The largest absolute Gasteiger partial charge is 0.446 e. The van der Waals surface area contributed by atoms with Crippen LogP contribution in [0.25, 0.3) is 0 Å². The van der Waals surface area contributed by atoms with E-state index in [-0.39, 0.29) is 34.1 Å². The summed E-state index contributed by atoms with van der Waals surface area (Å²) >= 11 is -0.316. The van der Waals surface area contributed by atoms with Gasteiger partial charge in [0, 0.05) is 4.90 Å². The number of para-hydroxylation sites is 1. The molecule has 4 N–H and O–H groups in total. The van der Waals surface area contributed by atoms with Crippen LogP contribution in [0.15, 0.2) is 29.2 Å². The molecule has 2 aromatic rings. The highest BCUT2D eigenvalue weighted by Crippen LogP contribution is 2.40. The zero-order valence-corrected chi connectivity index (χ0v) is 10.5. The predicted molar refractivity (Wildman–Crippen MR) is 67.1 cm³/mol. The molecule has 10 heteroatoms. The van der Waals surface area contributed by atoms with Gasteiger partial charge in [-0.15, -0.1) is 5.10 Å². The highest BCUT2D eigenvalue weighted by Gasteiger charge is 2.30. The molecule has 0 atom stereocenters. The summed E-state index contributed by atoms with van der Waals surface area (Å²) in [4.78, 5) is 15.2. The highest BCUT2D eigenvalue weighted by molar-refractivity contribution is 8.00. The number of nitrogens with one attached hydrogen (secondary N) is 2. The van der Waals surface area contributed by atoms with Crippen molar-refractivity contribution in [2.24, 2.45) is 0 Å². The molecular formula is C10H8F3N5OS. The van der Waals surface area contributed by atoms with Gasteiger partial charge in [-0.05, 0) is 23.9 Å². The zero-order chi connectivity index (χ0) is 14.8. The Morgan fingerprint density at radius 2 is 2.05 bits per heavy atom. The highest BCUT2D eigenvalue weighted by atomic mass is 32.2. The number of nitrogens with two attached hydrogens (primary N) is 1. The Hall–Kier alpha value is -2.23. The minimum absolute atomic E-state index is 0.0230. The van der Waals surface area contributed by atoms with E-state index in [1.807, 2.05) is 0 Å². The van der Waals surface area contributed by atoms with E-state index in [1.54, 1.807) is 0 Å². The van der Waals surface area contributed by atoms with Gasteiger partial charge < -0.3 is 11.1 Å². The molecule has 1 aromatic heterocycles. The SMILES string of the molecule is Nc1n[nH]c(C(=O)Nc2ccccc2SC(F)(F)F)n1. The molecule has 0 spiro atoms. The van der Waals surface area contributed by atoms with Crippen molar-refractivity contribution >= 4 is 29.3 Å². The van der Waals surface area contributed by atoms with Crippen molar-refractivity contribution in [3.05, 3.63) is 30.1 Å². The molecule has 0 saturated carbocycles. The fraction of sp³-hybridized carbons (Fsp3) is 0.100. The molecule has 0 radical (unpaired) electrons. The predicted octanol–water partition coefficient (Wildman–Crippen LogP) is 2.25. The van der Waals surface area contributed by atoms with E-state index in [0.717, 1.165) is 0 Å². The number of amides is 1. The van der Waals surface area contributed by atoms with Crippen molar-refractivity contribution in [2.45, 2.75) is 10.4 Å². The number of hydrogen-bond donors (Lipinski definition) is 3. The number of carbonyl (C=O) groups is 1. The zero-order valence-electron chi connectivity index (χ0n) is 9.73. The molecule has 0 fully saturated rings. The summed E-state index contributed by atoms with van der Waals surface area (Å²) in [6.07, 6.45) is 0. The summed E-state index contributed by atoms with van der Waals surface area (Å²) in [6, 6.07) is 5.55. The van der Waals surface area contributed by atoms with Crippen molar-refractivity contribution in [1.82, 2.24) is 15.2 Å². The van der Waals surface area contributed by atoms with E-state index >= 15 is 0 Å². The first-order valence-corrected chi connectivity index (χ1v) is 6.01. The molecule has 1 heterocycles. The number of nitrogens with zero attached hydrogens (tertiary/aromatic N) is 2. The lowest BCUT2D eigenvalue weighted by molar-refractivity contribution is -0.0328. The van der Waals surface area contributed by atoms with Gasteiger partial charge in [0.15, 0.2) is 0 Å². The number of H-pyrrole nitrogens is 1. The van der Waals surface area contributed by atoms with E-state index in [9.17, 15) is 18.0 Å². The first-order valence-electron chi connectivity index (χ1n) is 5.19. The monoisotopic (exact) mass is 303 g/mol. The summed E-state index contributed by atoms with van der Waals surface area (Å²) < 4.78 is 37.2. The summed E-state index contributed by atoms with van der Waals surface area (Å²) in [7, 11) is 0. The molecule has 0 aliphatic heterocycles. The molecule has 0 bridgehead atoms. The van der Waals surface area contributed by atoms with Crippen molar-refractivity contribution < 1.29 is 18.0 Å². The Morgan fingerprint density at radius 3 is 2.65 bits per heavy atom. The normalized spacial score (nSPS) is 11.3. The van der Waals surface area contributed by atoms with Crippen molar-refractivity contribution in [1.29, 1.82) is 0 Å². The van der Waals surface area contributed by atoms with E-state index in [1.165, 1.54) is 24.3 Å². The van der Waals surface area contributed by atoms with Gasteiger partial charge in [0.25, 0.3) is 5.91 Å². The first-order chi connectivity index (χ1) is 9.35. The number of anilines is 2. The van der Waals surface area contributed by atoms with Crippen LogP contribution in [0.2, 0.25) is 0 Å². The number of alkyl halides is 3. The van der Waals surface area contributed by atoms with E-state index in [4.69, 9.17) is 5.73 Å². The Bertz CT molecular complexity index is 627. The standard InChI is InChI=1S/C10H8F3N5OS/c11-10(12,13)20-6-4-2-1-3-5(6)15-8(19)7-16-9(14)18-17-7/h1-4H,(H,15,19)(H3,14,16,17,18). The number of thioether (sulfide) groups is 1. The Balaban J connectivity index is 2.19. The van der Waals surface area contributed by atoms with Gasteiger partial charge >= 0.3 is 5.51 Å². The molecule has 0 unspecified atom stereocenters. The van der Waals surface area contributed by atoms with Crippen molar-refractivity contribution in [2.75, 3.05) is 11.1 Å². The number of benzene rings is 1. The molecule has 1 amide bonds. The molecule has 0 saturated heterocycles. The Morgan fingerprint density at radius 1 is 1.35 bits per heavy atom. The summed E-state index contributed by atoms with van der Waals surface area (Å²) in [5, 5.41) is 8.04. The Labute approximate surface area is 115 Å². The van der Waals surface area contributed by atoms with Gasteiger partial charge in [0.2, 0.25) is 11.8 Å². The average molecular weight is 303 g/mol. The second-order valence-corrected chi connectivity index (χ2v) is 4.65. The van der Waals surface area contributed by atoms with Crippen molar-refractivity contribution in [3.8, 4) is 0 Å². The van der Waals surface area contributed by atoms with Gasteiger partial charge in [0.05, 0.1) is 5.69 Å². The third-order valence-corrected chi connectivity index (χ3v) is 2.89. The van der Waals surface area contributed by atoms with Gasteiger partial charge in [-0.25, -0.2) is 0 Å². The number of rotatable bonds is 3. The van der Waals surface area contributed by atoms with Crippen LogP contribution in [0.3, 0.4) is 0 Å². The summed E-state index contributed by atoms with van der Waals surface area (Å²) in [5.41, 5.74) is 0.813. The number of aromatic amines is 1. The van der Waals surface area contributed by atoms with Crippen molar-refractivity contribution in [3.63, 3.8) is 0 Å². The maximum Gasteiger partial charge on any atom is 0.446 e. The second kappa shape index (κ2) is 5.41. The lowest BCUT2D eigenvalue weighted by atomic mass is 10.3. The van der Waals surface area contributed by atoms with Crippen LogP contribution in [-0.2, 0) is 0 Å². The van der Waals surface area contributed by atoms with Gasteiger partial charge in [-0.3, -0.25) is 9.89 Å². The molecule has 106 valence electrons. The molecule has 1 aromatic carbocycles. The smallest absolute Gasteiger partial charge is 0.366 e. The third kappa shape index (κ3) is 3.63. The third-order valence-electron chi connectivity index (χ3n) is 2.08. The maximum atomic E-state index is 12.4. The number of halogens is 3. The number of aromatic nitrogens is 3. The molecular weight excluding hydrogens is 295 g/mol. The summed E-state index contributed by atoms with van der Waals surface area (Å²) in [6.45, 7) is 0. The van der Waals surface area contributed by atoms with Gasteiger partial charge in [0.1, 0.15) is 0 Å². The van der Waals surface area contributed by atoms with E-state index < -0.39 is 11.4 Å². The summed E-state index contributed by atoms with van der Waals surface area (Å²) in [5.74, 6) is -1.05. The minimum Gasteiger partial charge on any atom is -0.366 e. The molecule has 20 heavy (non-hydrogen) atoms. The fourth-order valence-corrected chi connectivity index (χ4v) is 1.97. The van der Waals surface area contributed by atoms with Gasteiger partial charge in [-0.1, -0.05) is 12.1 Å². The fourth-order valence-electron chi connectivity index (χ4n) is 1.34. The van der Waals surface area contributed by atoms with Crippen LogP contribution in [0, 0.1) is 0 Å². The van der Waals surface area contributed by atoms with Gasteiger partial charge in [-0.2, -0.15) is 18.2 Å². The van der Waals surface area contributed by atoms with Crippen LogP contribution in [-0.4, -0.2) is 26.6 Å². The Kier molecular flexibility index (Phi) is 3.84. The topological polar surface area (TPSA) is 96.7 Å². The van der Waals surface area contributed by atoms with Crippen LogP contribution in [0.1, 0.15) is 10.6 Å². The minimum atomic E-state index is -4.45. The van der Waals surface area contributed by atoms with Crippen LogP contribution < -0.4 is 11.1 Å². The second-order valence-electron chi connectivity index (χ2n) is 3.54. The number of nitrogen functional groups attached to an aromatic ring is 1. The lowest BCUT2D eigenvalue weighted by Gasteiger charge is -2.11. The van der Waals surface area contributed by atoms with Crippen LogP contribution >= 0.6 is 11.8 Å². The van der Waals surface area contributed by atoms with E-state index in [0.29, 0.717) is 0 Å². The molecule has 6 nitrogen and oxygen atoms in total. The first kappa shape index (κ1) is 14.2. The molecule has 0 aliphatic rings. The number of hydrogen-bond acceptors (Lipinski definition) is 5. The number of carbonyl (C=O) groups excluding carboxylic acids is 1. The average Bonchev–Trinajstić information content (AvgIpc) is 2.77. The van der Waals surface area contributed by atoms with Crippen LogP contribution in [0.5, 0.6) is 0 Å². The van der Waals surface area contributed by atoms with E-state index in [2.05, 4.69) is 20.5 Å². The van der Waals surface area contributed by atoms with Crippen LogP contribution in [0.4, 0.5) is 24.8 Å². The molecule has 2 rings (SSSR count). The lowest BCUT2D eigenvalue weighted by Crippen LogP contribution is -2.15. The molecule has 0 aliphatic carbocycles. The maximum absolute atomic E-state index is 12.4. The quantitative estimate of drug-likeness (QED) is 0.756.